The zero-order chi connectivity index (χ0) is 19.5. The third-order valence-corrected chi connectivity index (χ3v) is 5.67. The van der Waals surface area contributed by atoms with E-state index in [0.717, 1.165) is 29.7 Å². The summed E-state index contributed by atoms with van der Waals surface area (Å²) in [5.41, 5.74) is 3.41. The maximum atomic E-state index is 12.9. The van der Waals surface area contributed by atoms with E-state index in [1.54, 1.807) is 0 Å². The van der Waals surface area contributed by atoms with Gasteiger partial charge < -0.3 is 5.32 Å². The van der Waals surface area contributed by atoms with E-state index in [-0.39, 0.29) is 11.9 Å². The molecule has 0 spiro atoms. The smallest absolute Gasteiger partial charge is 0.253 e. The molecule has 4 nitrogen and oxygen atoms in total. The number of pyridine rings is 1. The Morgan fingerprint density at radius 3 is 2.64 bits per heavy atom. The monoisotopic (exact) mass is 393 g/mol. The van der Waals surface area contributed by atoms with Gasteiger partial charge in [-0.15, -0.1) is 0 Å². The second kappa shape index (κ2) is 8.29. The largest absolute Gasteiger partial charge is 0.350 e. The van der Waals surface area contributed by atoms with Crippen molar-refractivity contribution in [1.29, 1.82) is 0 Å². The Balaban J connectivity index is 1.55. The standard InChI is InChI=1S/C23H24ClN3O/c1-16-20(14-18-13-19(24)9-10-21(18)26-16)23(28)25-15-22(27-11-5-6-12-27)17-7-3-2-4-8-17/h2-4,7-10,13-14,22H,5-6,11-12,15H2,1H3,(H,25,28)/t22-/m1/s1. The minimum absolute atomic E-state index is 0.0907. The van der Waals surface area contributed by atoms with Crippen molar-refractivity contribution in [3.8, 4) is 0 Å². The van der Waals surface area contributed by atoms with Crippen molar-refractivity contribution < 1.29 is 4.79 Å². The Hall–Kier alpha value is -2.43. The van der Waals surface area contributed by atoms with Gasteiger partial charge in [-0.25, -0.2) is 0 Å². The molecule has 5 heteroatoms. The number of amides is 1. The lowest BCUT2D eigenvalue weighted by molar-refractivity contribution is 0.0937. The summed E-state index contributed by atoms with van der Waals surface area (Å²) in [5, 5.41) is 4.66. The highest BCUT2D eigenvalue weighted by Crippen LogP contribution is 2.25. The lowest BCUT2D eigenvalue weighted by Gasteiger charge is -2.28. The van der Waals surface area contributed by atoms with Crippen LogP contribution in [0.4, 0.5) is 0 Å². The van der Waals surface area contributed by atoms with Crippen molar-refractivity contribution in [3.05, 3.63) is 76.4 Å². The summed E-state index contributed by atoms with van der Waals surface area (Å²) in [6.07, 6.45) is 2.43. The minimum Gasteiger partial charge on any atom is -0.350 e. The number of halogens is 1. The second-order valence-electron chi connectivity index (χ2n) is 7.34. The molecule has 1 aromatic heterocycles. The fraction of sp³-hybridized carbons (Fsp3) is 0.304. The molecule has 28 heavy (non-hydrogen) atoms. The van der Waals surface area contributed by atoms with Gasteiger partial charge in [-0.3, -0.25) is 14.7 Å². The lowest BCUT2D eigenvalue weighted by atomic mass is 10.0. The first-order valence-electron chi connectivity index (χ1n) is 9.76. The van der Waals surface area contributed by atoms with Gasteiger partial charge in [-0.1, -0.05) is 41.9 Å². The van der Waals surface area contributed by atoms with Crippen LogP contribution >= 0.6 is 11.6 Å². The van der Waals surface area contributed by atoms with E-state index < -0.39 is 0 Å². The summed E-state index contributed by atoms with van der Waals surface area (Å²) in [4.78, 5) is 20.0. The van der Waals surface area contributed by atoms with Crippen LogP contribution < -0.4 is 5.32 Å². The molecule has 3 aromatic rings. The molecule has 0 unspecified atom stereocenters. The molecule has 0 radical (unpaired) electrons. The highest BCUT2D eigenvalue weighted by Gasteiger charge is 2.24. The molecule has 1 atom stereocenters. The van der Waals surface area contributed by atoms with Gasteiger partial charge in [0.15, 0.2) is 0 Å². The summed E-state index contributed by atoms with van der Waals surface area (Å²) in [7, 11) is 0. The molecule has 0 bridgehead atoms. The molecule has 144 valence electrons. The van der Waals surface area contributed by atoms with E-state index in [4.69, 9.17) is 11.6 Å². The molecule has 1 N–H and O–H groups in total. The summed E-state index contributed by atoms with van der Waals surface area (Å²) in [6.45, 7) is 4.60. The molecule has 2 aromatic carbocycles. The number of nitrogens with one attached hydrogen (secondary N) is 1. The van der Waals surface area contributed by atoms with E-state index in [9.17, 15) is 4.79 Å². The van der Waals surface area contributed by atoms with Crippen LogP contribution in [0.25, 0.3) is 10.9 Å². The average molecular weight is 394 g/mol. The number of aryl methyl sites for hydroxylation is 1. The SMILES string of the molecule is Cc1nc2ccc(Cl)cc2cc1C(=O)NC[C@H](c1ccccc1)N1CCCC1. The Morgan fingerprint density at radius 2 is 1.89 bits per heavy atom. The molecule has 1 fully saturated rings. The summed E-state index contributed by atoms with van der Waals surface area (Å²) in [5.74, 6) is -0.0907. The lowest BCUT2D eigenvalue weighted by Crippen LogP contribution is -2.37. The Labute approximate surface area is 170 Å². The molecule has 1 aliphatic rings. The number of carbonyl (C=O) groups is 1. The molecular formula is C23H24ClN3O. The molecule has 4 rings (SSSR count). The number of hydrogen-bond acceptors (Lipinski definition) is 3. The van der Waals surface area contributed by atoms with Gasteiger partial charge in [0.2, 0.25) is 0 Å². The number of likely N-dealkylation sites (tertiary alicyclic amines) is 1. The predicted octanol–water partition coefficient (Wildman–Crippen LogP) is 4.76. The third kappa shape index (κ3) is 4.03. The van der Waals surface area contributed by atoms with Crippen molar-refractivity contribution in [2.45, 2.75) is 25.8 Å². The van der Waals surface area contributed by atoms with Crippen LogP contribution in [0.1, 0.15) is 40.5 Å². The molecule has 1 aliphatic heterocycles. The van der Waals surface area contributed by atoms with Crippen molar-refractivity contribution in [3.63, 3.8) is 0 Å². The van der Waals surface area contributed by atoms with Crippen molar-refractivity contribution in [2.24, 2.45) is 0 Å². The normalized spacial score (nSPS) is 15.6. The number of hydrogen-bond donors (Lipinski definition) is 1. The predicted molar refractivity (Wildman–Crippen MR) is 114 cm³/mol. The fourth-order valence-corrected chi connectivity index (χ4v) is 4.12. The molecular weight excluding hydrogens is 370 g/mol. The number of benzene rings is 2. The van der Waals surface area contributed by atoms with E-state index in [1.165, 1.54) is 18.4 Å². The minimum atomic E-state index is -0.0907. The number of nitrogens with zero attached hydrogens (tertiary/aromatic N) is 2. The molecule has 0 aliphatic carbocycles. The zero-order valence-corrected chi connectivity index (χ0v) is 16.7. The summed E-state index contributed by atoms with van der Waals surface area (Å²) < 4.78 is 0. The molecule has 2 heterocycles. The fourth-order valence-electron chi connectivity index (χ4n) is 3.94. The van der Waals surface area contributed by atoms with Crippen molar-refractivity contribution in [1.82, 2.24) is 15.2 Å². The summed E-state index contributed by atoms with van der Waals surface area (Å²) >= 11 is 6.10. The Kier molecular flexibility index (Phi) is 5.60. The van der Waals surface area contributed by atoms with Gasteiger partial charge in [-0.2, -0.15) is 0 Å². The number of carbonyl (C=O) groups excluding carboxylic acids is 1. The second-order valence-corrected chi connectivity index (χ2v) is 7.77. The molecule has 1 saturated heterocycles. The van der Waals surface area contributed by atoms with Crippen LogP contribution in [-0.4, -0.2) is 35.4 Å². The number of fused-ring (bicyclic) bond motifs is 1. The topological polar surface area (TPSA) is 45.2 Å². The maximum absolute atomic E-state index is 12.9. The molecule has 0 saturated carbocycles. The van der Waals surface area contributed by atoms with Gasteiger partial charge in [0, 0.05) is 17.0 Å². The van der Waals surface area contributed by atoms with Gasteiger partial charge in [0.25, 0.3) is 5.91 Å². The van der Waals surface area contributed by atoms with E-state index in [0.29, 0.717) is 17.1 Å². The quantitative estimate of drug-likeness (QED) is 0.679. The average Bonchev–Trinajstić information content (AvgIpc) is 3.23. The first-order chi connectivity index (χ1) is 13.6. The molecule has 1 amide bonds. The van der Waals surface area contributed by atoms with Crippen LogP contribution in [0, 0.1) is 6.92 Å². The van der Waals surface area contributed by atoms with Crippen LogP contribution in [0.15, 0.2) is 54.6 Å². The van der Waals surface area contributed by atoms with Gasteiger partial charge in [0.1, 0.15) is 0 Å². The van der Waals surface area contributed by atoms with Gasteiger partial charge >= 0.3 is 0 Å². The van der Waals surface area contributed by atoms with E-state index >= 15 is 0 Å². The maximum Gasteiger partial charge on any atom is 0.253 e. The Bertz CT molecular complexity index is 984. The first-order valence-corrected chi connectivity index (χ1v) is 10.1. The van der Waals surface area contributed by atoms with Crippen LogP contribution in [-0.2, 0) is 0 Å². The Morgan fingerprint density at radius 1 is 1.14 bits per heavy atom. The highest BCUT2D eigenvalue weighted by molar-refractivity contribution is 6.31. The van der Waals surface area contributed by atoms with E-state index in [2.05, 4.69) is 39.5 Å². The van der Waals surface area contributed by atoms with Gasteiger partial charge in [0.05, 0.1) is 22.8 Å². The van der Waals surface area contributed by atoms with Crippen LogP contribution in [0.2, 0.25) is 5.02 Å². The van der Waals surface area contributed by atoms with E-state index in [1.807, 2.05) is 37.3 Å². The summed E-state index contributed by atoms with van der Waals surface area (Å²) in [6, 6.07) is 18.0. The third-order valence-electron chi connectivity index (χ3n) is 5.43. The zero-order valence-electron chi connectivity index (χ0n) is 16.0. The number of rotatable bonds is 5. The number of aromatic nitrogens is 1. The highest BCUT2D eigenvalue weighted by atomic mass is 35.5. The van der Waals surface area contributed by atoms with Crippen LogP contribution in [0.3, 0.4) is 0 Å². The van der Waals surface area contributed by atoms with Gasteiger partial charge in [-0.05, 0) is 62.7 Å². The van der Waals surface area contributed by atoms with Crippen molar-refractivity contribution >= 4 is 28.4 Å². The van der Waals surface area contributed by atoms with Crippen molar-refractivity contribution in [2.75, 3.05) is 19.6 Å². The first kappa shape index (κ1) is 18.9. The van der Waals surface area contributed by atoms with Crippen LogP contribution in [0.5, 0.6) is 0 Å².